The third kappa shape index (κ3) is 8.02. The van der Waals surface area contributed by atoms with Crippen molar-refractivity contribution in [3.63, 3.8) is 0 Å². The predicted molar refractivity (Wildman–Crippen MR) is 113 cm³/mol. The third-order valence-electron chi connectivity index (χ3n) is 3.90. The van der Waals surface area contributed by atoms with E-state index in [2.05, 4.69) is 10.6 Å². The number of alkyl halides is 2. The number of benzene rings is 2. The Morgan fingerprint density at radius 3 is 1.59 bits per heavy atom. The van der Waals surface area contributed by atoms with Gasteiger partial charge in [-0.2, -0.15) is 0 Å². The molecule has 2 aromatic rings. The van der Waals surface area contributed by atoms with E-state index in [1.807, 2.05) is 48.5 Å². The van der Waals surface area contributed by atoms with Crippen LogP contribution in [0.1, 0.15) is 36.8 Å². The number of amides is 2. The van der Waals surface area contributed by atoms with Crippen molar-refractivity contribution in [2.45, 2.75) is 32.1 Å². The Bertz CT molecular complexity index is 702. The lowest BCUT2D eigenvalue weighted by molar-refractivity contribution is -0.117. The van der Waals surface area contributed by atoms with Crippen LogP contribution in [0.3, 0.4) is 0 Å². The molecule has 0 bridgehead atoms. The van der Waals surface area contributed by atoms with Gasteiger partial charge >= 0.3 is 0 Å². The molecule has 2 rings (SSSR count). The van der Waals surface area contributed by atoms with E-state index in [-0.39, 0.29) is 11.8 Å². The second-order valence-electron chi connectivity index (χ2n) is 6.26. The lowest BCUT2D eigenvalue weighted by Gasteiger charge is -2.09. The maximum Gasteiger partial charge on any atom is 0.224 e. The summed E-state index contributed by atoms with van der Waals surface area (Å²) in [6, 6.07) is 15.5. The number of carbonyl (C=O) groups excluding carboxylic acids is 2. The first-order valence-corrected chi connectivity index (χ1v) is 10.1. The van der Waals surface area contributed by atoms with Crippen molar-refractivity contribution >= 4 is 46.4 Å². The fourth-order valence-electron chi connectivity index (χ4n) is 2.66. The van der Waals surface area contributed by atoms with Gasteiger partial charge in [-0.25, -0.2) is 0 Å². The summed E-state index contributed by atoms with van der Waals surface area (Å²) < 4.78 is 0. The molecule has 0 heterocycles. The minimum absolute atomic E-state index is 0.0329. The molecule has 144 valence electrons. The first-order valence-electron chi connectivity index (χ1n) is 9.00. The normalized spacial score (nSPS) is 10.4. The zero-order valence-electron chi connectivity index (χ0n) is 15.1. The number of hydrogen-bond donors (Lipinski definition) is 2. The average molecular weight is 407 g/mol. The van der Waals surface area contributed by atoms with Crippen LogP contribution in [-0.4, -0.2) is 23.6 Å². The number of halogens is 2. The molecule has 2 amide bonds. The summed E-state index contributed by atoms with van der Waals surface area (Å²) in [5.41, 5.74) is 3.71. The highest BCUT2D eigenvalue weighted by Gasteiger charge is 2.05. The van der Waals surface area contributed by atoms with Crippen LogP contribution in [0.25, 0.3) is 0 Å². The second-order valence-corrected chi connectivity index (χ2v) is 7.01. The summed E-state index contributed by atoms with van der Waals surface area (Å²) in [4.78, 5) is 23.7. The number of anilines is 2. The Morgan fingerprint density at radius 1 is 0.741 bits per heavy atom. The van der Waals surface area contributed by atoms with Crippen LogP contribution in [0.5, 0.6) is 0 Å². The fraction of sp³-hybridized carbons (Fsp3) is 0.333. The van der Waals surface area contributed by atoms with Crippen LogP contribution in [0, 0.1) is 0 Å². The van der Waals surface area contributed by atoms with Gasteiger partial charge in [0.1, 0.15) is 0 Å². The van der Waals surface area contributed by atoms with E-state index in [1.54, 1.807) is 0 Å². The van der Waals surface area contributed by atoms with E-state index in [1.165, 1.54) is 0 Å². The van der Waals surface area contributed by atoms with E-state index in [9.17, 15) is 9.59 Å². The number of carbonyl (C=O) groups is 2. The van der Waals surface area contributed by atoms with E-state index in [4.69, 9.17) is 23.2 Å². The summed E-state index contributed by atoms with van der Waals surface area (Å²) >= 11 is 11.2. The molecule has 2 N–H and O–H groups in total. The molecule has 0 atom stereocenters. The minimum atomic E-state index is -0.0329. The molecule has 0 radical (unpaired) electrons. The lowest BCUT2D eigenvalue weighted by Crippen LogP contribution is -2.11. The van der Waals surface area contributed by atoms with Crippen molar-refractivity contribution in [3.8, 4) is 0 Å². The SMILES string of the molecule is O=C(CCCCl)Nc1cccc(Cc2cccc(NC(=O)CCCCl)c2)c1. The maximum atomic E-state index is 11.8. The molecule has 0 unspecified atom stereocenters. The molecule has 0 saturated heterocycles. The molecule has 27 heavy (non-hydrogen) atoms. The average Bonchev–Trinajstić information content (AvgIpc) is 2.65. The Balaban J connectivity index is 1.98. The molecular weight excluding hydrogens is 383 g/mol. The highest BCUT2D eigenvalue weighted by molar-refractivity contribution is 6.18. The molecule has 2 aromatic carbocycles. The first-order chi connectivity index (χ1) is 13.1. The number of hydrogen-bond acceptors (Lipinski definition) is 2. The summed E-state index contributed by atoms with van der Waals surface area (Å²) in [7, 11) is 0. The van der Waals surface area contributed by atoms with Gasteiger partial charge in [-0.15, -0.1) is 23.2 Å². The maximum absolute atomic E-state index is 11.8. The Hall–Kier alpha value is -2.04. The van der Waals surface area contributed by atoms with E-state index in [0.717, 1.165) is 22.5 Å². The van der Waals surface area contributed by atoms with Crippen LogP contribution >= 0.6 is 23.2 Å². The molecule has 0 aliphatic rings. The molecule has 0 spiro atoms. The predicted octanol–water partition coefficient (Wildman–Crippen LogP) is 5.19. The third-order valence-corrected chi connectivity index (χ3v) is 4.44. The molecule has 0 aromatic heterocycles. The van der Waals surface area contributed by atoms with Gasteiger partial charge < -0.3 is 10.6 Å². The molecule has 0 fully saturated rings. The fourth-order valence-corrected chi connectivity index (χ4v) is 2.92. The van der Waals surface area contributed by atoms with Gasteiger partial charge in [-0.3, -0.25) is 9.59 Å². The van der Waals surface area contributed by atoms with Gasteiger partial charge in [0.25, 0.3) is 0 Å². The molecule has 6 heteroatoms. The Kier molecular flexibility index (Phi) is 9.16. The molecule has 0 aliphatic carbocycles. The van der Waals surface area contributed by atoms with Crippen LogP contribution < -0.4 is 10.6 Å². The van der Waals surface area contributed by atoms with Crippen LogP contribution in [0.4, 0.5) is 11.4 Å². The van der Waals surface area contributed by atoms with Crippen molar-refractivity contribution < 1.29 is 9.59 Å². The largest absolute Gasteiger partial charge is 0.326 e. The highest BCUT2D eigenvalue weighted by Crippen LogP contribution is 2.18. The van der Waals surface area contributed by atoms with Gasteiger partial charge in [0.15, 0.2) is 0 Å². The number of rotatable bonds is 10. The Labute approximate surface area is 170 Å². The lowest BCUT2D eigenvalue weighted by atomic mass is 10.0. The quantitative estimate of drug-likeness (QED) is 0.533. The minimum Gasteiger partial charge on any atom is -0.326 e. The number of nitrogens with one attached hydrogen (secondary N) is 2. The summed E-state index contributed by atoms with van der Waals surface area (Å²) in [5, 5.41) is 5.79. The van der Waals surface area contributed by atoms with Crippen molar-refractivity contribution in [1.82, 2.24) is 0 Å². The zero-order chi connectivity index (χ0) is 19.5. The van der Waals surface area contributed by atoms with Gasteiger partial charge in [0.2, 0.25) is 11.8 Å². The van der Waals surface area contributed by atoms with Crippen molar-refractivity contribution in [1.29, 1.82) is 0 Å². The van der Waals surface area contributed by atoms with Crippen LogP contribution in [0.2, 0.25) is 0 Å². The monoisotopic (exact) mass is 406 g/mol. The standard InChI is InChI=1S/C21H24Cl2N2O2/c22-11-3-9-20(26)24-18-7-1-5-16(14-18)13-17-6-2-8-19(15-17)25-21(27)10-4-12-23/h1-2,5-8,14-15H,3-4,9-13H2,(H,24,26)(H,25,27). The van der Waals surface area contributed by atoms with Gasteiger partial charge in [0.05, 0.1) is 0 Å². The van der Waals surface area contributed by atoms with Crippen LogP contribution in [-0.2, 0) is 16.0 Å². The van der Waals surface area contributed by atoms with E-state index < -0.39 is 0 Å². The van der Waals surface area contributed by atoms with Crippen LogP contribution in [0.15, 0.2) is 48.5 Å². The van der Waals surface area contributed by atoms with Crippen molar-refractivity contribution in [2.24, 2.45) is 0 Å². The van der Waals surface area contributed by atoms with E-state index in [0.29, 0.717) is 43.9 Å². The summed E-state index contributed by atoms with van der Waals surface area (Å²) in [5.74, 6) is 0.891. The zero-order valence-corrected chi connectivity index (χ0v) is 16.7. The molecular formula is C21H24Cl2N2O2. The van der Waals surface area contributed by atoms with Gasteiger partial charge in [0, 0.05) is 36.0 Å². The highest BCUT2D eigenvalue weighted by atomic mass is 35.5. The van der Waals surface area contributed by atoms with Crippen molar-refractivity contribution in [3.05, 3.63) is 59.7 Å². The van der Waals surface area contributed by atoms with E-state index >= 15 is 0 Å². The molecule has 0 aliphatic heterocycles. The molecule has 0 saturated carbocycles. The van der Waals surface area contributed by atoms with Gasteiger partial charge in [-0.05, 0) is 54.7 Å². The molecule has 4 nitrogen and oxygen atoms in total. The second kappa shape index (κ2) is 11.6. The smallest absolute Gasteiger partial charge is 0.224 e. The van der Waals surface area contributed by atoms with Gasteiger partial charge in [-0.1, -0.05) is 24.3 Å². The van der Waals surface area contributed by atoms with Crippen molar-refractivity contribution in [2.75, 3.05) is 22.4 Å². The summed E-state index contributed by atoms with van der Waals surface area (Å²) in [6.07, 6.45) is 2.86. The first kappa shape index (κ1) is 21.3. The Morgan fingerprint density at radius 2 is 1.19 bits per heavy atom. The summed E-state index contributed by atoms with van der Waals surface area (Å²) in [6.45, 7) is 0. The topological polar surface area (TPSA) is 58.2 Å².